The lowest BCUT2D eigenvalue weighted by molar-refractivity contribution is -0.144. The van der Waals surface area contributed by atoms with Crippen LogP contribution in [0.2, 0.25) is 0 Å². The van der Waals surface area contributed by atoms with E-state index >= 15 is 0 Å². The van der Waals surface area contributed by atoms with Crippen LogP contribution in [0.15, 0.2) is 12.1 Å². The number of methoxy groups -OCH3 is 3. The Bertz CT molecular complexity index is 587. The van der Waals surface area contributed by atoms with Gasteiger partial charge in [-0.3, -0.25) is 9.59 Å². The van der Waals surface area contributed by atoms with Crippen LogP contribution in [0.3, 0.4) is 0 Å². The number of benzene rings is 1. The summed E-state index contributed by atoms with van der Waals surface area (Å²) in [5.74, 6) is -0.00698. The maximum atomic E-state index is 12.2. The van der Waals surface area contributed by atoms with Gasteiger partial charge in [-0.1, -0.05) is 0 Å². The van der Waals surface area contributed by atoms with Gasteiger partial charge >= 0.3 is 11.8 Å². The average molecular weight is 337 g/mol. The van der Waals surface area contributed by atoms with E-state index in [1.807, 2.05) is 7.05 Å². The van der Waals surface area contributed by atoms with Gasteiger partial charge in [-0.2, -0.15) is 0 Å². The first-order chi connectivity index (χ1) is 11.5. The van der Waals surface area contributed by atoms with Crippen LogP contribution < -0.4 is 19.5 Å². The summed E-state index contributed by atoms with van der Waals surface area (Å²) in [4.78, 5) is 28.1. The topological polar surface area (TPSA) is 80.3 Å². The molecule has 132 valence electrons. The summed E-state index contributed by atoms with van der Waals surface area (Å²) < 4.78 is 15.7. The van der Waals surface area contributed by atoms with Crippen LogP contribution in [-0.4, -0.2) is 76.2 Å². The zero-order chi connectivity index (χ0) is 17.7. The summed E-state index contributed by atoms with van der Waals surface area (Å²) in [6.07, 6.45) is 0. The molecule has 1 N–H and O–H groups in total. The third-order valence-electron chi connectivity index (χ3n) is 3.91. The Balaban J connectivity index is 2.12. The van der Waals surface area contributed by atoms with E-state index in [2.05, 4.69) is 10.2 Å². The van der Waals surface area contributed by atoms with Gasteiger partial charge in [0.2, 0.25) is 5.75 Å². The average Bonchev–Trinajstić information content (AvgIpc) is 2.60. The molecule has 1 aromatic rings. The second-order valence-electron chi connectivity index (χ2n) is 5.46. The van der Waals surface area contributed by atoms with E-state index in [1.165, 1.54) is 21.3 Å². The number of likely N-dealkylation sites (N-methyl/N-ethyl adjacent to an activating group) is 1. The van der Waals surface area contributed by atoms with Crippen molar-refractivity contribution in [2.24, 2.45) is 0 Å². The minimum absolute atomic E-state index is 0.400. The number of anilines is 1. The molecule has 0 radical (unpaired) electrons. The first kappa shape index (κ1) is 17.9. The Kier molecular flexibility index (Phi) is 5.86. The molecule has 24 heavy (non-hydrogen) atoms. The quantitative estimate of drug-likeness (QED) is 0.803. The van der Waals surface area contributed by atoms with E-state index < -0.39 is 11.8 Å². The van der Waals surface area contributed by atoms with Crippen molar-refractivity contribution in [2.75, 3.05) is 59.9 Å². The molecule has 0 bridgehead atoms. The molecule has 8 nitrogen and oxygen atoms in total. The first-order valence-corrected chi connectivity index (χ1v) is 7.59. The van der Waals surface area contributed by atoms with Crippen molar-refractivity contribution >= 4 is 17.5 Å². The highest BCUT2D eigenvalue weighted by molar-refractivity contribution is 6.39. The molecule has 1 saturated heterocycles. The third kappa shape index (κ3) is 3.88. The number of nitrogens with one attached hydrogen (secondary N) is 1. The zero-order valence-electron chi connectivity index (χ0n) is 14.4. The van der Waals surface area contributed by atoms with E-state index in [9.17, 15) is 9.59 Å². The first-order valence-electron chi connectivity index (χ1n) is 7.59. The van der Waals surface area contributed by atoms with Gasteiger partial charge in [0.05, 0.1) is 21.3 Å². The van der Waals surface area contributed by atoms with Gasteiger partial charge in [0.25, 0.3) is 0 Å². The summed E-state index contributed by atoms with van der Waals surface area (Å²) in [7, 11) is 6.45. The SMILES string of the molecule is COc1cc(NC(=O)C(=O)N2CCN(C)CC2)cc(OC)c1OC. The van der Waals surface area contributed by atoms with Gasteiger partial charge in [-0.15, -0.1) is 0 Å². The fraction of sp³-hybridized carbons (Fsp3) is 0.500. The van der Waals surface area contributed by atoms with Crippen LogP contribution in [0.25, 0.3) is 0 Å². The lowest BCUT2D eigenvalue weighted by atomic mass is 10.2. The predicted molar refractivity (Wildman–Crippen MR) is 88.8 cm³/mol. The number of amides is 2. The summed E-state index contributed by atoms with van der Waals surface area (Å²) in [5.41, 5.74) is 0.400. The number of rotatable bonds is 4. The Morgan fingerprint density at radius 3 is 1.96 bits per heavy atom. The van der Waals surface area contributed by atoms with Gasteiger partial charge in [-0.25, -0.2) is 0 Å². The van der Waals surface area contributed by atoms with Gasteiger partial charge in [0, 0.05) is 44.0 Å². The smallest absolute Gasteiger partial charge is 0.313 e. The second-order valence-corrected chi connectivity index (χ2v) is 5.46. The van der Waals surface area contributed by atoms with E-state index in [0.29, 0.717) is 36.0 Å². The molecule has 2 rings (SSSR count). The Labute approximate surface area is 141 Å². The van der Waals surface area contributed by atoms with E-state index in [1.54, 1.807) is 17.0 Å². The fourth-order valence-corrected chi connectivity index (χ4v) is 2.49. The monoisotopic (exact) mass is 337 g/mol. The molecule has 2 amide bonds. The maximum absolute atomic E-state index is 12.2. The number of hydrogen-bond donors (Lipinski definition) is 1. The molecule has 1 heterocycles. The van der Waals surface area contributed by atoms with Crippen molar-refractivity contribution in [1.29, 1.82) is 0 Å². The van der Waals surface area contributed by atoms with Gasteiger partial charge < -0.3 is 29.3 Å². The number of hydrogen-bond acceptors (Lipinski definition) is 6. The normalized spacial score (nSPS) is 14.9. The van der Waals surface area contributed by atoms with E-state index in [0.717, 1.165) is 13.1 Å². The molecule has 0 aliphatic carbocycles. The van der Waals surface area contributed by atoms with Crippen molar-refractivity contribution < 1.29 is 23.8 Å². The molecular formula is C16H23N3O5. The van der Waals surface area contributed by atoms with Crippen molar-refractivity contribution in [3.8, 4) is 17.2 Å². The van der Waals surface area contributed by atoms with Crippen molar-refractivity contribution in [2.45, 2.75) is 0 Å². The third-order valence-corrected chi connectivity index (χ3v) is 3.91. The summed E-state index contributed by atoms with van der Waals surface area (Å²) >= 11 is 0. The van der Waals surface area contributed by atoms with Crippen LogP contribution >= 0.6 is 0 Å². The molecular weight excluding hydrogens is 314 g/mol. The second kappa shape index (κ2) is 7.87. The van der Waals surface area contributed by atoms with Crippen molar-refractivity contribution in [1.82, 2.24) is 9.80 Å². The molecule has 0 aromatic heterocycles. The number of ether oxygens (including phenoxy) is 3. The molecule has 1 aromatic carbocycles. The van der Waals surface area contributed by atoms with Crippen LogP contribution in [0.5, 0.6) is 17.2 Å². The summed E-state index contributed by atoms with van der Waals surface area (Å²) in [5, 5.41) is 2.59. The van der Waals surface area contributed by atoms with E-state index in [4.69, 9.17) is 14.2 Å². The lowest BCUT2D eigenvalue weighted by Gasteiger charge is -2.31. The highest BCUT2D eigenvalue weighted by Crippen LogP contribution is 2.39. The van der Waals surface area contributed by atoms with Crippen molar-refractivity contribution in [3.05, 3.63) is 12.1 Å². The Morgan fingerprint density at radius 2 is 1.50 bits per heavy atom. The highest BCUT2D eigenvalue weighted by Gasteiger charge is 2.25. The standard InChI is InChI=1S/C16H23N3O5/c1-18-5-7-19(8-6-18)16(21)15(20)17-11-9-12(22-2)14(24-4)13(10-11)23-3/h9-10H,5-8H2,1-4H3,(H,17,20). The molecule has 0 saturated carbocycles. The van der Waals surface area contributed by atoms with Gasteiger partial charge in [-0.05, 0) is 7.05 Å². The molecule has 0 atom stereocenters. The van der Waals surface area contributed by atoms with Gasteiger partial charge in [0.1, 0.15) is 0 Å². The number of carbonyl (C=O) groups is 2. The summed E-state index contributed by atoms with van der Waals surface area (Å²) in [6.45, 7) is 2.59. The summed E-state index contributed by atoms with van der Waals surface area (Å²) in [6, 6.07) is 3.16. The molecule has 1 aliphatic heterocycles. The van der Waals surface area contributed by atoms with Crippen LogP contribution in [0.1, 0.15) is 0 Å². The minimum Gasteiger partial charge on any atom is -0.493 e. The van der Waals surface area contributed by atoms with Crippen LogP contribution in [-0.2, 0) is 9.59 Å². The van der Waals surface area contributed by atoms with Crippen LogP contribution in [0, 0.1) is 0 Å². The number of nitrogens with zero attached hydrogens (tertiary/aromatic N) is 2. The largest absolute Gasteiger partial charge is 0.493 e. The molecule has 1 aliphatic rings. The Hall–Kier alpha value is -2.48. The predicted octanol–water partition coefficient (Wildman–Crippen LogP) is 0.425. The number of piperazine rings is 1. The Morgan fingerprint density at radius 1 is 0.958 bits per heavy atom. The molecule has 0 spiro atoms. The molecule has 0 unspecified atom stereocenters. The molecule has 1 fully saturated rings. The highest BCUT2D eigenvalue weighted by atomic mass is 16.5. The van der Waals surface area contributed by atoms with E-state index in [-0.39, 0.29) is 0 Å². The lowest BCUT2D eigenvalue weighted by Crippen LogP contribution is -2.50. The zero-order valence-corrected chi connectivity index (χ0v) is 14.4. The van der Waals surface area contributed by atoms with Gasteiger partial charge in [0.15, 0.2) is 11.5 Å². The van der Waals surface area contributed by atoms with Crippen LogP contribution in [0.4, 0.5) is 5.69 Å². The number of carbonyl (C=O) groups excluding carboxylic acids is 2. The van der Waals surface area contributed by atoms with Crippen molar-refractivity contribution in [3.63, 3.8) is 0 Å². The fourth-order valence-electron chi connectivity index (χ4n) is 2.49. The minimum atomic E-state index is -0.686. The molecule has 8 heteroatoms. The maximum Gasteiger partial charge on any atom is 0.313 e.